The molecular weight excluding hydrogens is 176 g/mol. The molecule has 1 aromatic heterocycles. The molecule has 1 aliphatic carbocycles. The van der Waals surface area contributed by atoms with Crippen LogP contribution in [0.1, 0.15) is 51.3 Å². The van der Waals surface area contributed by atoms with E-state index >= 15 is 0 Å². The molecule has 0 spiro atoms. The Hall–Kier alpha value is -0.900. The normalized spacial score (nSPS) is 20.6. The molecule has 14 heavy (non-hydrogen) atoms. The van der Waals surface area contributed by atoms with Gasteiger partial charge in [-0.05, 0) is 26.7 Å². The van der Waals surface area contributed by atoms with Crippen LogP contribution in [-0.2, 0) is 5.54 Å². The average Bonchev–Trinajstić information content (AvgIpc) is 2.71. The Labute approximate surface area is 84.5 Å². The summed E-state index contributed by atoms with van der Waals surface area (Å²) in [7, 11) is 0. The highest BCUT2D eigenvalue weighted by molar-refractivity contribution is 5.11. The minimum atomic E-state index is -0.201. The Morgan fingerprint density at radius 1 is 1.43 bits per heavy atom. The van der Waals surface area contributed by atoms with Gasteiger partial charge in [-0.3, -0.25) is 0 Å². The first-order valence-corrected chi connectivity index (χ1v) is 5.33. The zero-order valence-electron chi connectivity index (χ0n) is 8.90. The summed E-state index contributed by atoms with van der Waals surface area (Å²) in [6.07, 6.45) is 6.51. The third kappa shape index (κ3) is 1.54. The van der Waals surface area contributed by atoms with E-state index in [0.29, 0.717) is 6.04 Å². The maximum absolute atomic E-state index is 6.28. The lowest BCUT2D eigenvalue weighted by molar-refractivity contribution is 0.446. The summed E-state index contributed by atoms with van der Waals surface area (Å²) in [5.74, 6) is 0. The highest BCUT2D eigenvalue weighted by Gasteiger charge is 2.33. The molecule has 0 radical (unpaired) electrons. The van der Waals surface area contributed by atoms with E-state index in [1.54, 1.807) is 0 Å². The van der Waals surface area contributed by atoms with Gasteiger partial charge < -0.3 is 5.73 Å². The topological polar surface area (TPSA) is 56.7 Å². The third-order valence-electron chi connectivity index (χ3n) is 3.05. The van der Waals surface area contributed by atoms with E-state index in [2.05, 4.69) is 24.2 Å². The molecule has 0 saturated heterocycles. The molecule has 0 bridgehead atoms. The van der Waals surface area contributed by atoms with Crippen molar-refractivity contribution in [3.05, 3.63) is 11.9 Å². The van der Waals surface area contributed by atoms with Gasteiger partial charge in [-0.15, -0.1) is 5.10 Å². The number of aromatic nitrogens is 3. The fourth-order valence-electron chi connectivity index (χ4n) is 2.02. The predicted octanol–water partition coefficient (Wildman–Crippen LogP) is 1.59. The molecule has 2 rings (SSSR count). The largest absolute Gasteiger partial charge is 0.320 e. The molecule has 0 aromatic carbocycles. The number of rotatable bonds is 2. The standard InChI is InChI=1S/C10H18N4/c1-8(2)14-7-9(12-13-14)10(11)5-3-4-6-10/h7-8H,3-6,11H2,1-2H3. The summed E-state index contributed by atoms with van der Waals surface area (Å²) in [6, 6.07) is 0.362. The van der Waals surface area contributed by atoms with Gasteiger partial charge in [0.15, 0.2) is 0 Å². The van der Waals surface area contributed by atoms with Crippen molar-refractivity contribution < 1.29 is 0 Å². The van der Waals surface area contributed by atoms with Crippen LogP contribution >= 0.6 is 0 Å². The first kappa shape index (κ1) is 9.65. The SMILES string of the molecule is CC(C)n1cc(C2(N)CCCC2)nn1. The highest BCUT2D eigenvalue weighted by atomic mass is 15.4. The van der Waals surface area contributed by atoms with Gasteiger partial charge in [-0.1, -0.05) is 18.1 Å². The number of nitrogens with two attached hydrogens (primary N) is 1. The molecule has 1 heterocycles. The quantitative estimate of drug-likeness (QED) is 0.777. The molecule has 4 nitrogen and oxygen atoms in total. The third-order valence-corrected chi connectivity index (χ3v) is 3.05. The molecule has 0 aliphatic heterocycles. The second kappa shape index (κ2) is 3.35. The Morgan fingerprint density at radius 2 is 2.07 bits per heavy atom. The summed E-state index contributed by atoms with van der Waals surface area (Å²) in [4.78, 5) is 0. The van der Waals surface area contributed by atoms with Crippen LogP contribution in [0.3, 0.4) is 0 Å². The lowest BCUT2D eigenvalue weighted by Crippen LogP contribution is -2.33. The van der Waals surface area contributed by atoms with Crippen LogP contribution in [0.15, 0.2) is 6.20 Å². The second-order valence-electron chi connectivity index (χ2n) is 4.54. The summed E-state index contributed by atoms with van der Waals surface area (Å²) < 4.78 is 1.88. The fraction of sp³-hybridized carbons (Fsp3) is 0.800. The average molecular weight is 194 g/mol. The maximum atomic E-state index is 6.28. The number of hydrogen-bond acceptors (Lipinski definition) is 3. The second-order valence-corrected chi connectivity index (χ2v) is 4.54. The summed E-state index contributed by atoms with van der Waals surface area (Å²) >= 11 is 0. The lowest BCUT2D eigenvalue weighted by atomic mass is 9.96. The summed E-state index contributed by atoms with van der Waals surface area (Å²) in [6.45, 7) is 4.19. The van der Waals surface area contributed by atoms with Crippen molar-refractivity contribution in [2.75, 3.05) is 0 Å². The van der Waals surface area contributed by atoms with Crippen LogP contribution in [0.2, 0.25) is 0 Å². The van der Waals surface area contributed by atoms with Crippen molar-refractivity contribution in [3.8, 4) is 0 Å². The van der Waals surface area contributed by atoms with E-state index in [1.165, 1.54) is 12.8 Å². The molecule has 2 N–H and O–H groups in total. The Bertz CT molecular complexity index is 310. The van der Waals surface area contributed by atoms with Crippen LogP contribution in [0, 0.1) is 0 Å². The molecule has 78 valence electrons. The van der Waals surface area contributed by atoms with Crippen LogP contribution in [0.25, 0.3) is 0 Å². The predicted molar refractivity (Wildman–Crippen MR) is 54.7 cm³/mol. The minimum absolute atomic E-state index is 0.201. The van der Waals surface area contributed by atoms with Gasteiger partial charge in [-0.25, -0.2) is 4.68 Å². The molecule has 0 amide bonds. The first-order valence-electron chi connectivity index (χ1n) is 5.33. The van der Waals surface area contributed by atoms with Crippen molar-refractivity contribution in [1.29, 1.82) is 0 Å². The molecule has 1 aliphatic rings. The molecule has 1 fully saturated rings. The van der Waals surface area contributed by atoms with Crippen LogP contribution in [0.5, 0.6) is 0 Å². The monoisotopic (exact) mass is 194 g/mol. The lowest BCUT2D eigenvalue weighted by Gasteiger charge is -2.19. The van der Waals surface area contributed by atoms with Crippen molar-refractivity contribution in [2.45, 2.75) is 51.1 Å². The fourth-order valence-corrected chi connectivity index (χ4v) is 2.02. The molecular formula is C10H18N4. The summed E-state index contributed by atoms with van der Waals surface area (Å²) in [5.41, 5.74) is 7.04. The molecule has 0 unspecified atom stereocenters. The first-order chi connectivity index (χ1) is 6.62. The van der Waals surface area contributed by atoms with Crippen molar-refractivity contribution in [1.82, 2.24) is 15.0 Å². The van der Waals surface area contributed by atoms with Gasteiger partial charge in [0.2, 0.25) is 0 Å². The van der Waals surface area contributed by atoms with E-state index < -0.39 is 0 Å². The smallest absolute Gasteiger partial charge is 0.103 e. The van der Waals surface area contributed by atoms with Gasteiger partial charge in [0.05, 0.1) is 11.7 Å². The Morgan fingerprint density at radius 3 is 2.57 bits per heavy atom. The van der Waals surface area contributed by atoms with Gasteiger partial charge in [-0.2, -0.15) is 0 Å². The zero-order chi connectivity index (χ0) is 10.2. The number of hydrogen-bond donors (Lipinski definition) is 1. The molecule has 1 saturated carbocycles. The van der Waals surface area contributed by atoms with Crippen molar-refractivity contribution in [2.24, 2.45) is 5.73 Å². The zero-order valence-corrected chi connectivity index (χ0v) is 8.90. The van der Waals surface area contributed by atoms with Crippen molar-refractivity contribution >= 4 is 0 Å². The van der Waals surface area contributed by atoms with Crippen molar-refractivity contribution in [3.63, 3.8) is 0 Å². The minimum Gasteiger partial charge on any atom is -0.320 e. The van der Waals surface area contributed by atoms with Gasteiger partial charge in [0.1, 0.15) is 5.69 Å². The molecule has 1 aromatic rings. The van der Waals surface area contributed by atoms with E-state index in [4.69, 9.17) is 5.73 Å². The van der Waals surface area contributed by atoms with E-state index in [-0.39, 0.29) is 5.54 Å². The summed E-state index contributed by atoms with van der Waals surface area (Å²) in [5, 5.41) is 8.27. The van der Waals surface area contributed by atoms with Crippen LogP contribution < -0.4 is 5.73 Å². The maximum Gasteiger partial charge on any atom is 0.103 e. The number of nitrogens with zero attached hydrogens (tertiary/aromatic N) is 3. The van der Waals surface area contributed by atoms with Gasteiger partial charge in [0.25, 0.3) is 0 Å². The molecule has 4 heteroatoms. The van der Waals surface area contributed by atoms with E-state index in [9.17, 15) is 0 Å². The van der Waals surface area contributed by atoms with Gasteiger partial charge in [0, 0.05) is 6.04 Å². The Balaban J connectivity index is 2.23. The molecule has 0 atom stereocenters. The van der Waals surface area contributed by atoms with Gasteiger partial charge >= 0.3 is 0 Å². The highest BCUT2D eigenvalue weighted by Crippen LogP contribution is 2.34. The van der Waals surface area contributed by atoms with E-state index in [1.807, 2.05) is 10.9 Å². The van der Waals surface area contributed by atoms with Crippen LogP contribution in [-0.4, -0.2) is 15.0 Å². The van der Waals surface area contributed by atoms with Crippen LogP contribution in [0.4, 0.5) is 0 Å². The Kier molecular flexibility index (Phi) is 2.31. The van der Waals surface area contributed by atoms with E-state index in [0.717, 1.165) is 18.5 Å².